The largest absolute Gasteiger partial charge is 0.126 e. The molecule has 0 heterocycles. The van der Waals surface area contributed by atoms with E-state index in [4.69, 9.17) is 11.6 Å². The SMILES string of the molecule is CC(CCl)(C[Si](C)(C)C)C1CC1. The Kier molecular flexibility index (Phi) is 2.95. The summed E-state index contributed by atoms with van der Waals surface area (Å²) in [6, 6.07) is 1.40. The third kappa shape index (κ3) is 2.77. The Balaban J connectivity index is 2.54. The second-order valence-electron chi connectivity index (χ2n) is 5.80. The second kappa shape index (κ2) is 3.34. The summed E-state index contributed by atoms with van der Waals surface area (Å²) in [7, 11) is -0.921. The van der Waals surface area contributed by atoms with Crippen molar-refractivity contribution in [1.82, 2.24) is 0 Å². The van der Waals surface area contributed by atoms with E-state index in [1.807, 2.05) is 0 Å². The van der Waals surface area contributed by atoms with Crippen LogP contribution in [0.4, 0.5) is 0 Å². The summed E-state index contributed by atoms with van der Waals surface area (Å²) in [6.07, 6.45) is 2.85. The topological polar surface area (TPSA) is 0 Å². The van der Waals surface area contributed by atoms with Crippen molar-refractivity contribution in [2.45, 2.75) is 45.5 Å². The first-order valence-corrected chi connectivity index (χ1v) is 9.17. The van der Waals surface area contributed by atoms with E-state index < -0.39 is 8.07 Å². The molecule has 0 bridgehead atoms. The molecule has 0 aromatic heterocycles. The predicted octanol–water partition coefficient (Wildman–Crippen LogP) is 3.98. The standard InChI is InChI=1S/C10H21ClSi/c1-10(7-11,9-5-6-9)8-12(2,3)4/h9H,5-8H2,1-4H3. The Bertz CT molecular complexity index is 158. The van der Waals surface area contributed by atoms with Gasteiger partial charge in [-0.25, -0.2) is 0 Å². The smallest absolute Gasteiger partial charge is 0.0448 e. The Morgan fingerprint density at radius 2 is 1.83 bits per heavy atom. The molecule has 1 aliphatic rings. The zero-order chi connectivity index (χ0) is 9.41. The van der Waals surface area contributed by atoms with Crippen LogP contribution in [-0.4, -0.2) is 14.0 Å². The molecule has 72 valence electrons. The van der Waals surface area contributed by atoms with E-state index in [9.17, 15) is 0 Å². The minimum absolute atomic E-state index is 0.464. The zero-order valence-corrected chi connectivity index (χ0v) is 10.5. The highest BCUT2D eigenvalue weighted by Crippen LogP contribution is 2.50. The molecule has 0 N–H and O–H groups in total. The van der Waals surface area contributed by atoms with Crippen molar-refractivity contribution in [1.29, 1.82) is 0 Å². The van der Waals surface area contributed by atoms with E-state index in [0.29, 0.717) is 5.41 Å². The van der Waals surface area contributed by atoms with E-state index in [0.717, 1.165) is 11.8 Å². The van der Waals surface area contributed by atoms with Crippen LogP contribution >= 0.6 is 11.6 Å². The molecule has 0 amide bonds. The van der Waals surface area contributed by atoms with Gasteiger partial charge in [-0.3, -0.25) is 0 Å². The minimum atomic E-state index is -0.921. The first kappa shape index (κ1) is 10.6. The monoisotopic (exact) mass is 204 g/mol. The number of alkyl halides is 1. The van der Waals surface area contributed by atoms with Gasteiger partial charge in [0.1, 0.15) is 0 Å². The fourth-order valence-electron chi connectivity index (χ4n) is 2.29. The van der Waals surface area contributed by atoms with Gasteiger partial charge in [-0.05, 0) is 24.2 Å². The lowest BCUT2D eigenvalue weighted by Gasteiger charge is -2.33. The molecule has 1 atom stereocenters. The Labute approximate surface area is 82.7 Å². The molecule has 1 rings (SSSR count). The fraction of sp³-hybridized carbons (Fsp3) is 1.00. The number of halogens is 1. The molecule has 12 heavy (non-hydrogen) atoms. The summed E-state index contributed by atoms with van der Waals surface area (Å²) >= 11 is 6.07. The molecule has 1 saturated carbocycles. The van der Waals surface area contributed by atoms with E-state index in [2.05, 4.69) is 26.6 Å². The van der Waals surface area contributed by atoms with E-state index >= 15 is 0 Å². The van der Waals surface area contributed by atoms with Gasteiger partial charge in [0.2, 0.25) is 0 Å². The highest BCUT2D eigenvalue weighted by Gasteiger charge is 2.43. The Morgan fingerprint density at radius 3 is 2.08 bits per heavy atom. The van der Waals surface area contributed by atoms with Crippen LogP contribution in [0.25, 0.3) is 0 Å². The summed E-state index contributed by atoms with van der Waals surface area (Å²) in [5.74, 6) is 1.81. The lowest BCUT2D eigenvalue weighted by Crippen LogP contribution is -2.33. The molecule has 0 spiro atoms. The highest BCUT2D eigenvalue weighted by molar-refractivity contribution is 6.76. The van der Waals surface area contributed by atoms with Crippen molar-refractivity contribution < 1.29 is 0 Å². The van der Waals surface area contributed by atoms with Crippen LogP contribution in [0.2, 0.25) is 25.7 Å². The van der Waals surface area contributed by atoms with E-state index in [-0.39, 0.29) is 0 Å². The van der Waals surface area contributed by atoms with Crippen molar-refractivity contribution in [2.24, 2.45) is 11.3 Å². The molecule has 1 unspecified atom stereocenters. The van der Waals surface area contributed by atoms with Crippen molar-refractivity contribution >= 4 is 19.7 Å². The van der Waals surface area contributed by atoms with Crippen LogP contribution in [0.3, 0.4) is 0 Å². The average Bonchev–Trinajstić information content (AvgIpc) is 2.64. The minimum Gasteiger partial charge on any atom is -0.126 e. The molecule has 0 aliphatic heterocycles. The molecule has 0 aromatic carbocycles. The molecule has 1 fully saturated rings. The van der Waals surface area contributed by atoms with Crippen molar-refractivity contribution in [3.63, 3.8) is 0 Å². The summed E-state index contributed by atoms with van der Waals surface area (Å²) in [4.78, 5) is 0. The summed E-state index contributed by atoms with van der Waals surface area (Å²) in [6.45, 7) is 9.72. The quantitative estimate of drug-likeness (QED) is 0.480. The molecular formula is C10H21ClSi. The lowest BCUT2D eigenvalue weighted by atomic mass is 9.90. The molecule has 2 heteroatoms. The van der Waals surface area contributed by atoms with Gasteiger partial charge in [0, 0.05) is 14.0 Å². The van der Waals surface area contributed by atoms with E-state index in [1.165, 1.54) is 18.9 Å². The maximum atomic E-state index is 6.07. The average molecular weight is 205 g/mol. The third-order valence-electron chi connectivity index (χ3n) is 2.80. The molecule has 1 aliphatic carbocycles. The maximum absolute atomic E-state index is 6.07. The first-order valence-electron chi connectivity index (χ1n) is 4.93. The highest BCUT2D eigenvalue weighted by atomic mass is 35.5. The van der Waals surface area contributed by atoms with Crippen molar-refractivity contribution in [3.05, 3.63) is 0 Å². The van der Waals surface area contributed by atoms with Crippen LogP contribution in [0, 0.1) is 11.3 Å². The zero-order valence-electron chi connectivity index (χ0n) is 8.78. The van der Waals surface area contributed by atoms with Crippen LogP contribution < -0.4 is 0 Å². The van der Waals surface area contributed by atoms with Crippen LogP contribution in [0.5, 0.6) is 0 Å². The molecule has 0 aromatic rings. The Morgan fingerprint density at radius 1 is 1.33 bits per heavy atom. The van der Waals surface area contributed by atoms with Gasteiger partial charge in [0.25, 0.3) is 0 Å². The molecule has 0 saturated heterocycles. The van der Waals surface area contributed by atoms with Crippen LogP contribution in [-0.2, 0) is 0 Å². The van der Waals surface area contributed by atoms with Crippen LogP contribution in [0.1, 0.15) is 19.8 Å². The third-order valence-corrected chi connectivity index (χ3v) is 5.28. The summed E-state index contributed by atoms with van der Waals surface area (Å²) < 4.78 is 0. The first-order chi connectivity index (χ1) is 5.37. The summed E-state index contributed by atoms with van der Waals surface area (Å²) in [5, 5.41) is 0. The van der Waals surface area contributed by atoms with Gasteiger partial charge < -0.3 is 0 Å². The van der Waals surface area contributed by atoms with Gasteiger partial charge >= 0.3 is 0 Å². The van der Waals surface area contributed by atoms with Crippen molar-refractivity contribution in [2.75, 3.05) is 5.88 Å². The number of hydrogen-bond donors (Lipinski definition) is 0. The normalized spacial score (nSPS) is 23.8. The number of rotatable bonds is 4. The maximum Gasteiger partial charge on any atom is 0.0448 e. The molecule has 0 radical (unpaired) electrons. The van der Waals surface area contributed by atoms with Gasteiger partial charge in [0.15, 0.2) is 0 Å². The van der Waals surface area contributed by atoms with Gasteiger partial charge in [0.05, 0.1) is 0 Å². The van der Waals surface area contributed by atoms with E-state index in [1.54, 1.807) is 0 Å². The second-order valence-corrected chi connectivity index (χ2v) is 11.5. The summed E-state index contributed by atoms with van der Waals surface area (Å²) in [5.41, 5.74) is 0.464. The van der Waals surface area contributed by atoms with Gasteiger partial charge in [-0.2, -0.15) is 0 Å². The lowest BCUT2D eigenvalue weighted by molar-refractivity contribution is 0.352. The molecular weight excluding hydrogens is 184 g/mol. The Hall–Kier alpha value is 0.507. The van der Waals surface area contributed by atoms with Crippen LogP contribution in [0.15, 0.2) is 0 Å². The van der Waals surface area contributed by atoms with Gasteiger partial charge in [-0.1, -0.05) is 32.6 Å². The van der Waals surface area contributed by atoms with Crippen molar-refractivity contribution in [3.8, 4) is 0 Å². The molecule has 0 nitrogen and oxygen atoms in total. The van der Waals surface area contributed by atoms with Gasteiger partial charge in [-0.15, -0.1) is 11.6 Å². The number of hydrogen-bond acceptors (Lipinski definition) is 0. The fourth-order valence-corrected chi connectivity index (χ4v) is 5.60. The predicted molar refractivity (Wildman–Crippen MR) is 59.7 cm³/mol.